The Labute approximate surface area is 194 Å². The lowest BCUT2D eigenvalue weighted by Crippen LogP contribution is -2.54. The van der Waals surface area contributed by atoms with Crippen LogP contribution in [0.15, 0.2) is 60.7 Å². The number of nitrogens with one attached hydrogen (secondary N) is 1. The van der Waals surface area contributed by atoms with Crippen molar-refractivity contribution >= 4 is 17.8 Å². The van der Waals surface area contributed by atoms with Gasteiger partial charge in [-0.05, 0) is 24.0 Å². The minimum atomic E-state index is -1.01. The van der Waals surface area contributed by atoms with Gasteiger partial charge in [0.15, 0.2) is 0 Å². The Morgan fingerprint density at radius 2 is 1.39 bits per heavy atom. The van der Waals surface area contributed by atoms with E-state index in [9.17, 15) is 14.4 Å². The zero-order chi connectivity index (χ0) is 22.8. The number of hydrogen-bond acceptors (Lipinski definition) is 4. The molecule has 1 N–H and O–H groups in total. The first kappa shape index (κ1) is 21.6. The Bertz CT molecular complexity index is 973. The van der Waals surface area contributed by atoms with Gasteiger partial charge in [-0.3, -0.25) is 14.5 Å². The molecule has 2 aromatic carbocycles. The number of piperazine rings is 1. The molecule has 0 unspecified atom stereocenters. The SMILES string of the molecule is O=C(C1CC1)N1CCN(CN2C(=O)NC(Cc3ccccc3)(Cc3ccccc3)C2=O)CC1. The molecule has 2 heterocycles. The summed E-state index contributed by atoms with van der Waals surface area (Å²) < 4.78 is 0. The molecule has 7 nitrogen and oxygen atoms in total. The van der Waals surface area contributed by atoms with Crippen molar-refractivity contribution in [3.63, 3.8) is 0 Å². The van der Waals surface area contributed by atoms with E-state index >= 15 is 0 Å². The van der Waals surface area contributed by atoms with Gasteiger partial charge in [-0.2, -0.15) is 0 Å². The summed E-state index contributed by atoms with van der Waals surface area (Å²) in [5.41, 5.74) is 1.01. The third kappa shape index (κ3) is 4.64. The Balaban J connectivity index is 1.30. The molecule has 0 spiro atoms. The zero-order valence-electron chi connectivity index (χ0n) is 18.8. The van der Waals surface area contributed by atoms with Gasteiger partial charge in [0.1, 0.15) is 5.54 Å². The number of imide groups is 1. The first-order valence-corrected chi connectivity index (χ1v) is 11.8. The van der Waals surface area contributed by atoms with Gasteiger partial charge >= 0.3 is 6.03 Å². The van der Waals surface area contributed by atoms with Gasteiger partial charge in [-0.1, -0.05) is 60.7 Å². The van der Waals surface area contributed by atoms with E-state index in [-0.39, 0.29) is 30.4 Å². The van der Waals surface area contributed by atoms with Crippen LogP contribution in [0.5, 0.6) is 0 Å². The highest BCUT2D eigenvalue weighted by Gasteiger charge is 2.51. The van der Waals surface area contributed by atoms with Crippen LogP contribution in [0.2, 0.25) is 0 Å². The molecule has 3 fully saturated rings. The van der Waals surface area contributed by atoms with Crippen molar-refractivity contribution in [2.75, 3.05) is 32.8 Å². The van der Waals surface area contributed by atoms with E-state index in [1.54, 1.807) is 0 Å². The molecule has 2 aliphatic heterocycles. The van der Waals surface area contributed by atoms with Crippen molar-refractivity contribution in [3.05, 3.63) is 71.8 Å². The fourth-order valence-electron chi connectivity index (χ4n) is 4.89. The predicted octanol–water partition coefficient (Wildman–Crippen LogP) is 2.27. The summed E-state index contributed by atoms with van der Waals surface area (Å²) in [6, 6.07) is 19.3. The van der Waals surface area contributed by atoms with E-state index in [1.807, 2.05) is 65.6 Å². The molecule has 2 saturated heterocycles. The number of carbonyl (C=O) groups excluding carboxylic acids is 3. The smallest absolute Gasteiger partial charge is 0.326 e. The number of hydrogen-bond donors (Lipinski definition) is 1. The van der Waals surface area contributed by atoms with Gasteiger partial charge in [0.2, 0.25) is 5.91 Å². The molecule has 33 heavy (non-hydrogen) atoms. The van der Waals surface area contributed by atoms with Crippen LogP contribution in [0.25, 0.3) is 0 Å². The molecular weight excluding hydrogens is 416 g/mol. The van der Waals surface area contributed by atoms with Crippen LogP contribution in [-0.2, 0) is 22.4 Å². The minimum absolute atomic E-state index is 0.184. The van der Waals surface area contributed by atoms with E-state index < -0.39 is 5.54 Å². The summed E-state index contributed by atoms with van der Waals surface area (Å²) in [4.78, 5) is 44.5. The number of urea groups is 1. The largest absolute Gasteiger partial charge is 0.340 e. The van der Waals surface area contributed by atoms with Crippen molar-refractivity contribution in [2.45, 2.75) is 31.2 Å². The molecule has 2 aromatic rings. The molecule has 5 rings (SSSR count). The third-order valence-corrected chi connectivity index (χ3v) is 6.90. The Morgan fingerprint density at radius 1 is 0.848 bits per heavy atom. The molecule has 3 aliphatic rings. The second-order valence-corrected chi connectivity index (χ2v) is 9.43. The molecule has 4 amide bonds. The standard InChI is InChI=1S/C26H30N4O3/c31-23(22-11-12-22)29-15-13-28(14-16-29)19-30-24(32)26(27-25(30)33,17-20-7-3-1-4-8-20)18-21-9-5-2-6-10-21/h1-10,22H,11-19H2,(H,27,33). The van der Waals surface area contributed by atoms with Crippen LogP contribution in [0, 0.1) is 5.92 Å². The summed E-state index contributed by atoms with van der Waals surface area (Å²) in [5.74, 6) is 0.296. The van der Waals surface area contributed by atoms with E-state index in [1.165, 1.54) is 4.90 Å². The van der Waals surface area contributed by atoms with Crippen molar-refractivity contribution in [3.8, 4) is 0 Å². The zero-order valence-corrected chi connectivity index (χ0v) is 18.8. The summed E-state index contributed by atoms with van der Waals surface area (Å²) in [5, 5.41) is 3.05. The molecular formula is C26H30N4O3. The number of benzene rings is 2. The Morgan fingerprint density at radius 3 is 1.91 bits per heavy atom. The Hall–Kier alpha value is -3.19. The van der Waals surface area contributed by atoms with Crippen LogP contribution >= 0.6 is 0 Å². The van der Waals surface area contributed by atoms with Crippen molar-refractivity contribution in [1.29, 1.82) is 0 Å². The van der Waals surface area contributed by atoms with Gasteiger partial charge in [0.25, 0.3) is 5.91 Å². The second-order valence-electron chi connectivity index (χ2n) is 9.43. The Kier molecular flexibility index (Phi) is 5.89. The molecule has 172 valence electrons. The lowest BCUT2D eigenvalue weighted by atomic mass is 9.84. The maximum atomic E-state index is 13.7. The molecule has 7 heteroatoms. The minimum Gasteiger partial charge on any atom is -0.340 e. The van der Waals surface area contributed by atoms with E-state index in [2.05, 4.69) is 10.2 Å². The van der Waals surface area contributed by atoms with Gasteiger partial charge in [0.05, 0.1) is 6.67 Å². The van der Waals surface area contributed by atoms with E-state index in [0.717, 1.165) is 24.0 Å². The van der Waals surface area contributed by atoms with E-state index in [4.69, 9.17) is 0 Å². The van der Waals surface area contributed by atoms with Gasteiger partial charge in [-0.15, -0.1) is 0 Å². The summed E-state index contributed by atoms with van der Waals surface area (Å²) in [6.45, 7) is 2.89. The molecule has 1 saturated carbocycles. The first-order chi connectivity index (χ1) is 16.0. The number of rotatable bonds is 7. The quantitative estimate of drug-likeness (QED) is 0.663. The number of amides is 4. The molecule has 1 aliphatic carbocycles. The van der Waals surface area contributed by atoms with Crippen LogP contribution in [0.4, 0.5) is 4.79 Å². The normalized spacial score (nSPS) is 20.7. The number of nitrogens with zero attached hydrogens (tertiary/aromatic N) is 3. The maximum absolute atomic E-state index is 13.7. The van der Waals surface area contributed by atoms with Gasteiger partial charge < -0.3 is 10.2 Å². The van der Waals surface area contributed by atoms with Gasteiger partial charge in [-0.25, -0.2) is 9.69 Å². The van der Waals surface area contributed by atoms with Crippen molar-refractivity contribution < 1.29 is 14.4 Å². The lowest BCUT2D eigenvalue weighted by Gasteiger charge is -2.36. The molecule has 0 radical (unpaired) electrons. The van der Waals surface area contributed by atoms with Crippen LogP contribution < -0.4 is 5.32 Å². The van der Waals surface area contributed by atoms with Crippen molar-refractivity contribution in [2.24, 2.45) is 5.92 Å². The van der Waals surface area contributed by atoms with Crippen LogP contribution in [0.3, 0.4) is 0 Å². The van der Waals surface area contributed by atoms with Crippen LogP contribution in [-0.4, -0.2) is 70.9 Å². The van der Waals surface area contributed by atoms with E-state index in [0.29, 0.717) is 39.0 Å². The monoisotopic (exact) mass is 446 g/mol. The second kappa shape index (κ2) is 8.98. The summed E-state index contributed by atoms with van der Waals surface area (Å²) >= 11 is 0. The summed E-state index contributed by atoms with van der Waals surface area (Å²) in [6.07, 6.45) is 2.89. The average Bonchev–Trinajstić information content (AvgIpc) is 3.66. The number of carbonyl (C=O) groups is 3. The fourth-order valence-corrected chi connectivity index (χ4v) is 4.89. The lowest BCUT2D eigenvalue weighted by molar-refractivity contribution is -0.137. The van der Waals surface area contributed by atoms with Crippen molar-refractivity contribution in [1.82, 2.24) is 20.0 Å². The van der Waals surface area contributed by atoms with Gasteiger partial charge in [0, 0.05) is 44.9 Å². The molecule has 0 atom stereocenters. The first-order valence-electron chi connectivity index (χ1n) is 11.8. The predicted molar refractivity (Wildman–Crippen MR) is 124 cm³/mol. The topological polar surface area (TPSA) is 73.0 Å². The highest BCUT2D eigenvalue weighted by Crippen LogP contribution is 2.31. The molecule has 0 bridgehead atoms. The average molecular weight is 447 g/mol. The summed E-state index contributed by atoms with van der Waals surface area (Å²) in [7, 11) is 0. The highest BCUT2D eigenvalue weighted by molar-refractivity contribution is 6.07. The molecule has 0 aromatic heterocycles. The maximum Gasteiger partial charge on any atom is 0.326 e. The fraction of sp³-hybridized carbons (Fsp3) is 0.423. The third-order valence-electron chi connectivity index (χ3n) is 6.90. The van der Waals surface area contributed by atoms with Crippen LogP contribution in [0.1, 0.15) is 24.0 Å². The highest BCUT2D eigenvalue weighted by atomic mass is 16.2.